The van der Waals surface area contributed by atoms with Crippen molar-refractivity contribution < 1.29 is 4.79 Å². The lowest BCUT2D eigenvalue weighted by Crippen LogP contribution is -2.39. The number of fused-ring (bicyclic) bond motifs is 1. The molecule has 3 rings (SSSR count). The van der Waals surface area contributed by atoms with Crippen LogP contribution in [0.4, 0.5) is 4.79 Å². The molecule has 5 heteroatoms. The highest BCUT2D eigenvalue weighted by molar-refractivity contribution is 5.74. The number of aromatic nitrogens is 2. The van der Waals surface area contributed by atoms with Crippen molar-refractivity contribution in [3.63, 3.8) is 0 Å². The van der Waals surface area contributed by atoms with Gasteiger partial charge in [-0.1, -0.05) is 38.1 Å². The zero-order valence-corrected chi connectivity index (χ0v) is 15.4. The maximum atomic E-state index is 12.4. The van der Waals surface area contributed by atoms with Gasteiger partial charge in [-0.15, -0.1) is 0 Å². The highest BCUT2D eigenvalue weighted by atomic mass is 16.2. The summed E-state index contributed by atoms with van der Waals surface area (Å²) in [6.45, 7) is 7.84. The third-order valence-electron chi connectivity index (χ3n) is 4.87. The Morgan fingerprint density at radius 2 is 2.08 bits per heavy atom. The second-order valence-electron chi connectivity index (χ2n) is 7.20. The fourth-order valence-corrected chi connectivity index (χ4v) is 3.46. The van der Waals surface area contributed by atoms with Gasteiger partial charge in [0.15, 0.2) is 0 Å². The van der Waals surface area contributed by atoms with E-state index in [0.29, 0.717) is 12.5 Å². The van der Waals surface area contributed by atoms with Crippen LogP contribution < -0.4 is 10.6 Å². The molecule has 25 heavy (non-hydrogen) atoms. The Balaban J connectivity index is 1.60. The van der Waals surface area contributed by atoms with E-state index in [0.717, 1.165) is 24.5 Å². The van der Waals surface area contributed by atoms with Crippen LogP contribution >= 0.6 is 0 Å². The predicted molar refractivity (Wildman–Crippen MR) is 99.3 cm³/mol. The van der Waals surface area contributed by atoms with Gasteiger partial charge in [0.2, 0.25) is 0 Å². The monoisotopic (exact) mass is 340 g/mol. The summed E-state index contributed by atoms with van der Waals surface area (Å²) < 4.78 is 2.21. The van der Waals surface area contributed by atoms with Crippen LogP contribution in [0.3, 0.4) is 0 Å². The third kappa shape index (κ3) is 4.21. The Bertz CT molecular complexity index is 712. The summed E-state index contributed by atoms with van der Waals surface area (Å²) in [5.74, 6) is 1.45. The van der Waals surface area contributed by atoms with Crippen molar-refractivity contribution in [2.75, 3.05) is 0 Å². The minimum absolute atomic E-state index is 0.00333. The minimum Gasteiger partial charge on any atom is -0.335 e. The van der Waals surface area contributed by atoms with E-state index in [1.165, 1.54) is 24.0 Å². The van der Waals surface area contributed by atoms with Crippen molar-refractivity contribution in [1.29, 1.82) is 0 Å². The number of hydrogen-bond acceptors (Lipinski definition) is 2. The van der Waals surface area contributed by atoms with E-state index in [2.05, 4.69) is 59.3 Å². The lowest BCUT2D eigenvalue weighted by Gasteiger charge is -2.24. The predicted octanol–water partition coefficient (Wildman–Crippen LogP) is 3.72. The first-order valence-electron chi connectivity index (χ1n) is 9.19. The summed E-state index contributed by atoms with van der Waals surface area (Å²) in [4.78, 5) is 17.0. The van der Waals surface area contributed by atoms with Gasteiger partial charge < -0.3 is 15.2 Å². The molecule has 0 radical (unpaired) electrons. The smallest absolute Gasteiger partial charge is 0.315 e. The fourth-order valence-electron chi connectivity index (χ4n) is 3.46. The van der Waals surface area contributed by atoms with Crippen LogP contribution in [0.5, 0.6) is 0 Å². The number of rotatable bonds is 5. The molecule has 2 heterocycles. The van der Waals surface area contributed by atoms with E-state index in [9.17, 15) is 4.79 Å². The normalized spacial score (nSPS) is 14.9. The Labute approximate surface area is 149 Å². The van der Waals surface area contributed by atoms with E-state index in [1.807, 2.05) is 12.1 Å². The molecule has 1 aliphatic heterocycles. The first-order valence-corrected chi connectivity index (χ1v) is 9.19. The van der Waals surface area contributed by atoms with Crippen molar-refractivity contribution in [3.8, 4) is 0 Å². The average Bonchev–Trinajstić information content (AvgIpc) is 3.01. The topological polar surface area (TPSA) is 59.0 Å². The summed E-state index contributed by atoms with van der Waals surface area (Å²) in [6, 6.07) is 8.07. The van der Waals surface area contributed by atoms with E-state index >= 15 is 0 Å². The zero-order valence-electron chi connectivity index (χ0n) is 15.4. The van der Waals surface area contributed by atoms with Gasteiger partial charge in [-0.3, -0.25) is 0 Å². The van der Waals surface area contributed by atoms with Gasteiger partial charge in [0, 0.05) is 19.2 Å². The van der Waals surface area contributed by atoms with Crippen LogP contribution in [0.2, 0.25) is 0 Å². The number of hydrogen-bond donors (Lipinski definition) is 2. The van der Waals surface area contributed by atoms with Gasteiger partial charge >= 0.3 is 6.03 Å². The van der Waals surface area contributed by atoms with Gasteiger partial charge in [-0.2, -0.15) is 0 Å². The van der Waals surface area contributed by atoms with Crippen LogP contribution in [-0.4, -0.2) is 15.6 Å². The second kappa shape index (κ2) is 7.72. The summed E-state index contributed by atoms with van der Waals surface area (Å²) in [7, 11) is 0. The first-order chi connectivity index (χ1) is 12.0. The number of carbonyl (C=O) groups is 1. The first kappa shape index (κ1) is 17.5. The number of imidazole rings is 1. The van der Waals surface area contributed by atoms with Crippen molar-refractivity contribution >= 4 is 6.03 Å². The van der Waals surface area contributed by atoms with Gasteiger partial charge in [-0.25, -0.2) is 9.78 Å². The molecule has 0 saturated heterocycles. The Kier molecular flexibility index (Phi) is 5.41. The molecule has 134 valence electrons. The molecule has 0 aliphatic carbocycles. The minimum atomic E-state index is -0.145. The van der Waals surface area contributed by atoms with Crippen LogP contribution in [0.15, 0.2) is 30.5 Å². The molecule has 5 nitrogen and oxygen atoms in total. The molecule has 0 spiro atoms. The lowest BCUT2D eigenvalue weighted by atomic mass is 9.93. The Morgan fingerprint density at radius 1 is 1.28 bits per heavy atom. The third-order valence-corrected chi connectivity index (χ3v) is 4.87. The molecular formula is C20H28N4O. The van der Waals surface area contributed by atoms with Crippen LogP contribution in [0, 0.1) is 12.8 Å². The van der Waals surface area contributed by atoms with E-state index in [-0.39, 0.29) is 12.1 Å². The quantitative estimate of drug-likeness (QED) is 0.871. The molecule has 1 aromatic carbocycles. The van der Waals surface area contributed by atoms with Gasteiger partial charge in [-0.05, 0) is 36.8 Å². The number of aryl methyl sites for hydroxylation is 3. The highest BCUT2D eigenvalue weighted by Crippen LogP contribution is 2.24. The Morgan fingerprint density at radius 3 is 2.80 bits per heavy atom. The van der Waals surface area contributed by atoms with E-state index in [1.54, 1.807) is 0 Å². The van der Waals surface area contributed by atoms with Gasteiger partial charge in [0.1, 0.15) is 5.82 Å². The summed E-state index contributed by atoms with van der Waals surface area (Å²) in [6.07, 6.45) is 5.52. The SMILES string of the molecule is Cc1ccccc1C(NC(=O)NCc1cn2c(n1)CCCC2)C(C)C. The summed E-state index contributed by atoms with van der Waals surface area (Å²) in [5.41, 5.74) is 3.30. The zero-order chi connectivity index (χ0) is 17.8. The molecule has 2 amide bonds. The van der Waals surface area contributed by atoms with Crippen molar-refractivity contribution in [2.24, 2.45) is 5.92 Å². The number of nitrogens with zero attached hydrogens (tertiary/aromatic N) is 2. The summed E-state index contributed by atoms with van der Waals surface area (Å²) in [5, 5.41) is 6.08. The maximum Gasteiger partial charge on any atom is 0.315 e. The average molecular weight is 340 g/mol. The summed E-state index contributed by atoms with van der Waals surface area (Å²) >= 11 is 0. The van der Waals surface area contributed by atoms with Gasteiger partial charge in [0.25, 0.3) is 0 Å². The van der Waals surface area contributed by atoms with E-state index in [4.69, 9.17) is 0 Å². The fraction of sp³-hybridized carbons (Fsp3) is 0.500. The molecule has 1 aromatic heterocycles. The van der Waals surface area contributed by atoms with Crippen molar-refractivity contribution in [2.45, 2.75) is 59.2 Å². The second-order valence-corrected chi connectivity index (χ2v) is 7.20. The van der Waals surface area contributed by atoms with Crippen LogP contribution in [0.25, 0.3) is 0 Å². The largest absolute Gasteiger partial charge is 0.335 e. The molecule has 2 N–H and O–H groups in total. The number of nitrogens with one attached hydrogen (secondary N) is 2. The molecule has 1 aliphatic rings. The number of urea groups is 1. The molecule has 0 saturated carbocycles. The molecule has 1 atom stereocenters. The lowest BCUT2D eigenvalue weighted by molar-refractivity contribution is 0.232. The molecule has 0 fully saturated rings. The van der Waals surface area contributed by atoms with Crippen LogP contribution in [0.1, 0.15) is 55.4 Å². The van der Waals surface area contributed by atoms with E-state index < -0.39 is 0 Å². The number of amides is 2. The number of benzene rings is 1. The Hall–Kier alpha value is -2.30. The van der Waals surface area contributed by atoms with Gasteiger partial charge in [0.05, 0.1) is 18.3 Å². The van der Waals surface area contributed by atoms with Crippen molar-refractivity contribution in [3.05, 3.63) is 53.1 Å². The number of carbonyl (C=O) groups excluding carboxylic acids is 1. The molecular weight excluding hydrogens is 312 g/mol. The molecule has 2 aromatic rings. The standard InChI is InChI=1S/C20H28N4O/c1-14(2)19(17-9-5-4-8-15(17)3)23-20(25)21-12-16-13-24-11-7-6-10-18(24)22-16/h4-5,8-9,13-14,19H,6-7,10-12H2,1-3H3,(H2,21,23,25). The maximum absolute atomic E-state index is 12.4. The molecule has 0 bridgehead atoms. The van der Waals surface area contributed by atoms with Crippen LogP contribution in [-0.2, 0) is 19.5 Å². The highest BCUT2D eigenvalue weighted by Gasteiger charge is 2.20. The van der Waals surface area contributed by atoms with Crippen molar-refractivity contribution in [1.82, 2.24) is 20.2 Å². The molecule has 1 unspecified atom stereocenters.